The van der Waals surface area contributed by atoms with Crippen molar-refractivity contribution in [3.8, 4) is 11.6 Å². The normalized spacial score (nSPS) is 15.1. The summed E-state index contributed by atoms with van der Waals surface area (Å²) in [6, 6.07) is 6.51. The highest BCUT2D eigenvalue weighted by Crippen LogP contribution is 2.25. The molecule has 0 radical (unpaired) electrons. The van der Waals surface area contributed by atoms with Gasteiger partial charge in [-0.05, 0) is 43.2 Å². The number of nitrogens with zero attached hydrogens (tertiary/aromatic N) is 1. The lowest BCUT2D eigenvalue weighted by atomic mass is 9.95. The standard InChI is InChI=1S/C18H18F2N2O2/c19-12-6-8-15(9-7-12)24-18-16(10-13(20)11-21-18)17(23)22-14-4-2-1-3-5-14/h6-11,14H,1-5H2,(H,22,23). The van der Waals surface area contributed by atoms with E-state index in [1.165, 1.54) is 30.7 Å². The number of amides is 1. The minimum absolute atomic E-state index is 0.00341. The van der Waals surface area contributed by atoms with Crippen LogP contribution in [0.15, 0.2) is 36.5 Å². The van der Waals surface area contributed by atoms with Gasteiger partial charge in [-0.3, -0.25) is 4.79 Å². The Morgan fingerprint density at radius 3 is 2.50 bits per heavy atom. The minimum atomic E-state index is -0.616. The van der Waals surface area contributed by atoms with Crippen molar-refractivity contribution in [3.05, 3.63) is 53.7 Å². The van der Waals surface area contributed by atoms with E-state index in [0.717, 1.165) is 37.9 Å². The van der Waals surface area contributed by atoms with Crippen molar-refractivity contribution < 1.29 is 18.3 Å². The third-order valence-corrected chi connectivity index (χ3v) is 4.03. The SMILES string of the molecule is O=C(NC1CCCCC1)c1cc(F)cnc1Oc1ccc(F)cc1. The molecule has 126 valence electrons. The molecule has 1 aromatic heterocycles. The molecule has 1 N–H and O–H groups in total. The predicted octanol–water partition coefficient (Wildman–Crippen LogP) is 4.21. The van der Waals surface area contributed by atoms with Crippen LogP contribution in [0.25, 0.3) is 0 Å². The van der Waals surface area contributed by atoms with Gasteiger partial charge in [-0.25, -0.2) is 13.8 Å². The Morgan fingerprint density at radius 2 is 1.79 bits per heavy atom. The number of benzene rings is 1. The summed E-state index contributed by atoms with van der Waals surface area (Å²) in [7, 11) is 0. The zero-order valence-corrected chi connectivity index (χ0v) is 13.1. The van der Waals surface area contributed by atoms with E-state index in [-0.39, 0.29) is 17.5 Å². The Balaban J connectivity index is 1.79. The van der Waals surface area contributed by atoms with Crippen LogP contribution in [0.2, 0.25) is 0 Å². The molecule has 1 aromatic carbocycles. The van der Waals surface area contributed by atoms with Crippen LogP contribution in [0.3, 0.4) is 0 Å². The van der Waals surface area contributed by atoms with E-state index in [2.05, 4.69) is 10.3 Å². The molecule has 0 unspecified atom stereocenters. The highest BCUT2D eigenvalue weighted by atomic mass is 19.1. The van der Waals surface area contributed by atoms with Crippen molar-refractivity contribution in [2.75, 3.05) is 0 Å². The fourth-order valence-corrected chi connectivity index (χ4v) is 2.80. The van der Waals surface area contributed by atoms with Crippen molar-refractivity contribution >= 4 is 5.91 Å². The van der Waals surface area contributed by atoms with Crippen LogP contribution in [0.4, 0.5) is 8.78 Å². The molecule has 1 heterocycles. The topological polar surface area (TPSA) is 51.2 Å². The Hall–Kier alpha value is -2.50. The van der Waals surface area contributed by atoms with Crippen molar-refractivity contribution in [2.24, 2.45) is 0 Å². The largest absolute Gasteiger partial charge is 0.438 e. The lowest BCUT2D eigenvalue weighted by molar-refractivity contribution is 0.0924. The first-order valence-corrected chi connectivity index (χ1v) is 8.01. The summed E-state index contributed by atoms with van der Waals surface area (Å²) >= 11 is 0. The number of ether oxygens (including phenoxy) is 1. The van der Waals surface area contributed by atoms with Gasteiger partial charge < -0.3 is 10.1 Å². The van der Waals surface area contributed by atoms with E-state index in [1.54, 1.807) is 0 Å². The smallest absolute Gasteiger partial charge is 0.257 e. The Bertz CT molecular complexity index is 713. The molecule has 6 heteroatoms. The molecular weight excluding hydrogens is 314 g/mol. The number of aromatic nitrogens is 1. The van der Waals surface area contributed by atoms with Crippen LogP contribution >= 0.6 is 0 Å². The van der Waals surface area contributed by atoms with Gasteiger partial charge in [-0.15, -0.1) is 0 Å². The number of carbonyl (C=O) groups is 1. The predicted molar refractivity (Wildman–Crippen MR) is 85.0 cm³/mol. The first-order valence-electron chi connectivity index (χ1n) is 8.01. The van der Waals surface area contributed by atoms with Gasteiger partial charge >= 0.3 is 0 Å². The first kappa shape index (κ1) is 16.4. The molecule has 3 rings (SSSR count). The van der Waals surface area contributed by atoms with Crippen LogP contribution in [0, 0.1) is 11.6 Å². The summed E-state index contributed by atoms with van der Waals surface area (Å²) in [5.41, 5.74) is 0.0323. The summed E-state index contributed by atoms with van der Waals surface area (Å²) in [5.74, 6) is -1.11. The van der Waals surface area contributed by atoms with E-state index in [1.807, 2.05) is 0 Å². The molecule has 1 amide bonds. The molecule has 0 bridgehead atoms. The van der Waals surface area contributed by atoms with Gasteiger partial charge in [0.1, 0.15) is 22.9 Å². The van der Waals surface area contributed by atoms with Gasteiger partial charge in [0.05, 0.1) is 6.20 Å². The fourth-order valence-electron chi connectivity index (χ4n) is 2.80. The maximum atomic E-state index is 13.5. The molecule has 1 fully saturated rings. The van der Waals surface area contributed by atoms with Crippen LogP contribution < -0.4 is 10.1 Å². The molecule has 1 saturated carbocycles. The van der Waals surface area contributed by atoms with Crippen LogP contribution in [-0.4, -0.2) is 16.9 Å². The van der Waals surface area contributed by atoms with E-state index in [0.29, 0.717) is 5.75 Å². The highest BCUT2D eigenvalue weighted by molar-refractivity contribution is 5.96. The number of hydrogen-bond donors (Lipinski definition) is 1. The molecule has 1 aliphatic rings. The zero-order valence-electron chi connectivity index (χ0n) is 13.1. The molecule has 2 aromatic rings. The van der Waals surface area contributed by atoms with Crippen LogP contribution in [0.1, 0.15) is 42.5 Å². The van der Waals surface area contributed by atoms with E-state index in [4.69, 9.17) is 4.74 Å². The number of pyridine rings is 1. The Labute approximate surface area is 138 Å². The monoisotopic (exact) mass is 332 g/mol. The van der Waals surface area contributed by atoms with Gasteiger partial charge in [0.2, 0.25) is 5.88 Å². The molecule has 24 heavy (non-hydrogen) atoms. The third-order valence-electron chi connectivity index (χ3n) is 4.03. The number of nitrogens with one attached hydrogen (secondary N) is 1. The average molecular weight is 332 g/mol. The number of rotatable bonds is 4. The summed E-state index contributed by atoms with van der Waals surface area (Å²) in [6.07, 6.45) is 6.14. The van der Waals surface area contributed by atoms with E-state index >= 15 is 0 Å². The highest BCUT2D eigenvalue weighted by Gasteiger charge is 2.21. The fraction of sp³-hybridized carbons (Fsp3) is 0.333. The molecule has 0 spiro atoms. The molecule has 0 atom stereocenters. The van der Waals surface area contributed by atoms with Gasteiger partial charge in [-0.2, -0.15) is 0 Å². The number of halogens is 2. The molecule has 0 aliphatic heterocycles. The maximum Gasteiger partial charge on any atom is 0.257 e. The minimum Gasteiger partial charge on any atom is -0.438 e. The third kappa shape index (κ3) is 4.07. The molecule has 0 saturated heterocycles. The van der Waals surface area contributed by atoms with E-state index in [9.17, 15) is 13.6 Å². The summed E-state index contributed by atoms with van der Waals surface area (Å²) in [4.78, 5) is 16.3. The zero-order chi connectivity index (χ0) is 16.9. The van der Waals surface area contributed by atoms with Crippen molar-refractivity contribution in [1.29, 1.82) is 0 Å². The summed E-state index contributed by atoms with van der Waals surface area (Å²) < 4.78 is 32.0. The van der Waals surface area contributed by atoms with Gasteiger partial charge in [0.15, 0.2) is 0 Å². The average Bonchev–Trinajstić information content (AvgIpc) is 2.59. The van der Waals surface area contributed by atoms with Gasteiger partial charge in [0.25, 0.3) is 5.91 Å². The van der Waals surface area contributed by atoms with Gasteiger partial charge in [-0.1, -0.05) is 19.3 Å². The Morgan fingerprint density at radius 1 is 1.08 bits per heavy atom. The molecule has 1 aliphatic carbocycles. The second-order valence-corrected chi connectivity index (χ2v) is 5.87. The van der Waals surface area contributed by atoms with Gasteiger partial charge in [0, 0.05) is 6.04 Å². The second-order valence-electron chi connectivity index (χ2n) is 5.87. The summed E-state index contributed by atoms with van der Waals surface area (Å²) in [6.45, 7) is 0. The maximum absolute atomic E-state index is 13.5. The second kappa shape index (κ2) is 7.38. The van der Waals surface area contributed by atoms with Crippen molar-refractivity contribution in [1.82, 2.24) is 10.3 Å². The lowest BCUT2D eigenvalue weighted by Crippen LogP contribution is -2.36. The van der Waals surface area contributed by atoms with Crippen molar-refractivity contribution in [2.45, 2.75) is 38.1 Å². The number of hydrogen-bond acceptors (Lipinski definition) is 3. The van der Waals surface area contributed by atoms with Crippen LogP contribution in [-0.2, 0) is 0 Å². The first-order chi connectivity index (χ1) is 11.6. The van der Waals surface area contributed by atoms with Crippen molar-refractivity contribution in [3.63, 3.8) is 0 Å². The number of carbonyl (C=O) groups excluding carboxylic acids is 1. The van der Waals surface area contributed by atoms with E-state index < -0.39 is 17.5 Å². The van der Waals surface area contributed by atoms with Crippen LogP contribution in [0.5, 0.6) is 11.6 Å². The quantitative estimate of drug-likeness (QED) is 0.912. The lowest BCUT2D eigenvalue weighted by Gasteiger charge is -2.23. The molecular formula is C18H18F2N2O2. The Kier molecular flexibility index (Phi) is 5.03. The molecule has 4 nitrogen and oxygen atoms in total. The summed E-state index contributed by atoms with van der Waals surface area (Å²) in [5, 5.41) is 2.91.